The van der Waals surface area contributed by atoms with E-state index in [0.29, 0.717) is 93.1 Å². The zero-order valence-electron chi connectivity index (χ0n) is 77.0. The third-order valence-electron chi connectivity index (χ3n) is 17.5. The molecule has 0 amide bonds. The van der Waals surface area contributed by atoms with Gasteiger partial charge in [-0.1, -0.05) is 157 Å². The van der Waals surface area contributed by atoms with Gasteiger partial charge in [0.25, 0.3) is 0 Å². The second-order valence-corrected chi connectivity index (χ2v) is 30.3. The fourth-order valence-electron chi connectivity index (χ4n) is 10.8. The van der Waals surface area contributed by atoms with Crippen molar-refractivity contribution in [1.29, 1.82) is 0 Å². The molecule has 0 aliphatic carbocycles. The predicted octanol–water partition coefficient (Wildman–Crippen LogP) is 26.1. The minimum Gasteiger partial charge on any atom is -0.596 e. The molecule has 710 valence electrons. The molecule has 0 saturated heterocycles. The van der Waals surface area contributed by atoms with Gasteiger partial charge in [0.05, 0.1) is 74.6 Å². The number of phenolic OH excluding ortho intramolecular Hbond substituents is 4. The summed E-state index contributed by atoms with van der Waals surface area (Å²) in [6, 6.07) is 82.6. The van der Waals surface area contributed by atoms with Crippen LogP contribution in [0.1, 0.15) is 136 Å². The Hall–Kier alpha value is -11.1. The van der Waals surface area contributed by atoms with Crippen LogP contribution in [-0.2, 0) is 81.7 Å². The number of hydrogen-bond donors (Lipinski definition) is 8. The number of benzene rings is 12. The van der Waals surface area contributed by atoms with Crippen molar-refractivity contribution in [3.8, 4) is 46.0 Å². The van der Waals surface area contributed by atoms with Gasteiger partial charge in [0.2, 0.25) is 0 Å². The number of aryl methyl sites for hydroxylation is 8. The van der Waals surface area contributed by atoms with Gasteiger partial charge in [-0.2, -0.15) is 10.2 Å². The standard InChI is InChI=1S/C18H21N2O3.2C15H15NO.C14H13N2O3.2C14H14N2O.C8H18O2.C5H12O2.4Pd/c1-3-13-22-17-9-5-15(6-10-17)19-20(21)16-7-11-18(12-8-16)23-14-4-2;2*1-11-4-7-14(8-5-11)16-10-13-6-3-12(2)9-15(13)17;1-18-13-7-3-11(4-8-13)15-16(17)12-5-9-14(19-2)10-6-12;2*1-10-3-6-12(7-4-10)15-16-13-8-5-11(2)9-14(13)17;1-6(2)4-8(10)5-7(3)9;1-4(6)3-5(2)7;;;;/h5-7,9-12H,3-4,13-14H2,1-2H3;2*3-10,17H,1-2H3;3-5,7-10H,1-2H3;2*3-9,17H,1-2H3;6-10H,4-5H2,1-3H3;4-7H,3H2,1-2H3;;;;/q-1;;;-1;;;;;;;;. The van der Waals surface area contributed by atoms with Crippen molar-refractivity contribution < 1.29 is 151 Å². The number of aliphatic imine (C=N–C) groups is 2. The minimum absolute atomic E-state index is 0. The SMILES string of the molecule is CC(C)CC(O)CC(C)O.CC(O)CC(C)O.CCCOc1c[c-]c([N+]([O-])=Nc2ccc(OCCC)cc2)cc1.COc1c[c-]c([N+]([O-])=Nc2ccc(OC)cc2)cc1.Cc1ccc(N=Cc2ccc(C)cc2O)cc1.Cc1ccc(N=Cc2ccc(C)cc2O)cc1.Cc1ccc(N=Nc2ccc(C)cc2O)cc1.Cc1ccc(N=Nc2ccc(C)cc2O)cc1.[Pd].[Pd].[Pd].[Pd]. The van der Waals surface area contributed by atoms with Crippen molar-refractivity contribution in [3.63, 3.8) is 0 Å². The van der Waals surface area contributed by atoms with Crippen molar-refractivity contribution in [1.82, 2.24) is 0 Å². The molecular formula is C103H122N10O14Pd4-2. The summed E-state index contributed by atoms with van der Waals surface area (Å²) in [5, 5.41) is 122. The van der Waals surface area contributed by atoms with Crippen LogP contribution in [0.4, 0.5) is 56.9 Å². The van der Waals surface area contributed by atoms with Crippen molar-refractivity contribution in [3.05, 3.63) is 333 Å². The second-order valence-electron chi connectivity index (χ2n) is 30.3. The molecule has 24 nitrogen and oxygen atoms in total. The molecule has 8 N–H and O–H groups in total. The van der Waals surface area contributed by atoms with Gasteiger partial charge in [0.1, 0.15) is 68.6 Å². The van der Waals surface area contributed by atoms with Crippen LogP contribution >= 0.6 is 0 Å². The van der Waals surface area contributed by atoms with Gasteiger partial charge in [-0.3, -0.25) is 9.98 Å². The second kappa shape index (κ2) is 65.4. The van der Waals surface area contributed by atoms with E-state index in [1.165, 1.54) is 22.3 Å². The van der Waals surface area contributed by atoms with Crippen molar-refractivity contribution in [2.45, 2.75) is 160 Å². The smallest absolute Gasteiger partial charge is 0.143 e. The molecule has 0 spiro atoms. The van der Waals surface area contributed by atoms with Gasteiger partial charge >= 0.3 is 0 Å². The van der Waals surface area contributed by atoms with Gasteiger partial charge in [-0.25, -0.2) is 0 Å². The normalized spacial score (nSPS) is 11.6. The number of aliphatic hydroxyl groups is 4. The Morgan fingerprint density at radius 2 is 0.634 bits per heavy atom. The summed E-state index contributed by atoms with van der Waals surface area (Å²) in [6.45, 7) is 30.4. The minimum atomic E-state index is -0.381. The van der Waals surface area contributed by atoms with Gasteiger partial charge in [-0.05, 0) is 282 Å². The molecule has 0 heterocycles. The molecule has 0 aliphatic rings. The summed E-state index contributed by atoms with van der Waals surface area (Å²) in [5.41, 5.74) is 16.4. The number of rotatable bonds is 26. The molecule has 0 saturated carbocycles. The largest absolute Gasteiger partial charge is 0.596 e. The van der Waals surface area contributed by atoms with Crippen LogP contribution in [0.3, 0.4) is 0 Å². The van der Waals surface area contributed by atoms with E-state index in [9.17, 15) is 35.9 Å². The van der Waals surface area contributed by atoms with E-state index >= 15 is 0 Å². The Morgan fingerprint density at radius 1 is 0.336 bits per heavy atom. The van der Waals surface area contributed by atoms with Crippen LogP contribution < -0.4 is 18.9 Å². The van der Waals surface area contributed by atoms with Crippen molar-refractivity contribution in [2.24, 2.45) is 46.6 Å². The third-order valence-corrected chi connectivity index (χ3v) is 17.5. The van der Waals surface area contributed by atoms with E-state index in [1.54, 1.807) is 169 Å². The summed E-state index contributed by atoms with van der Waals surface area (Å²) in [7, 11) is 3.14. The van der Waals surface area contributed by atoms with Crippen LogP contribution in [0.5, 0.6) is 46.0 Å². The van der Waals surface area contributed by atoms with E-state index in [4.69, 9.17) is 34.3 Å². The van der Waals surface area contributed by atoms with Gasteiger partial charge < -0.3 is 70.2 Å². The predicted molar refractivity (Wildman–Crippen MR) is 508 cm³/mol. The Balaban J connectivity index is 0.000000757. The maximum absolute atomic E-state index is 12.0. The van der Waals surface area contributed by atoms with Crippen LogP contribution in [0.25, 0.3) is 0 Å². The van der Waals surface area contributed by atoms with Gasteiger partial charge in [0, 0.05) is 127 Å². The van der Waals surface area contributed by atoms with Gasteiger partial charge in [0.15, 0.2) is 0 Å². The monoisotopic (exact) mass is 2150 g/mol. The number of aliphatic hydroxyl groups excluding tert-OH is 4. The first-order chi connectivity index (χ1) is 60.7. The summed E-state index contributed by atoms with van der Waals surface area (Å²) in [5.74, 6) is 4.17. The molecule has 28 heteroatoms. The number of hydrogen-bond acceptors (Lipinski definition) is 22. The number of azo groups is 4. The van der Waals surface area contributed by atoms with Gasteiger partial charge in [-0.15, -0.1) is 34.5 Å². The van der Waals surface area contributed by atoms with Crippen molar-refractivity contribution >= 4 is 69.3 Å². The Kier molecular flexibility index (Phi) is 58.9. The average Bonchev–Trinajstić information content (AvgIpc) is 0.824. The van der Waals surface area contributed by atoms with E-state index < -0.39 is 0 Å². The number of nitrogens with zero attached hydrogens (tertiary/aromatic N) is 10. The summed E-state index contributed by atoms with van der Waals surface area (Å²) in [4.78, 5) is 9.71. The number of ether oxygens (including phenoxy) is 4. The third kappa shape index (κ3) is 49.6. The quantitative estimate of drug-likeness (QED) is 0.00624. The van der Waals surface area contributed by atoms with E-state index in [2.05, 4.69) is 66.7 Å². The number of phenols is 4. The molecule has 0 radical (unpaired) electrons. The molecule has 12 aromatic carbocycles. The van der Waals surface area contributed by atoms with Crippen LogP contribution in [0.15, 0.2) is 295 Å². The zero-order valence-corrected chi connectivity index (χ0v) is 83.2. The van der Waals surface area contributed by atoms with Crippen molar-refractivity contribution in [2.75, 3.05) is 27.4 Å². The molecule has 4 atom stereocenters. The van der Waals surface area contributed by atoms with Crippen LogP contribution in [-0.4, -0.2) is 115 Å². The molecule has 0 aliphatic heterocycles. The first kappa shape index (κ1) is 118. The summed E-state index contributed by atoms with van der Waals surface area (Å²) < 4.78 is 21.0. The summed E-state index contributed by atoms with van der Waals surface area (Å²) in [6.07, 6.45) is 5.53. The Morgan fingerprint density at radius 3 is 0.931 bits per heavy atom. The maximum Gasteiger partial charge on any atom is 0.143 e. The zero-order chi connectivity index (χ0) is 93.2. The fraction of sp³-hybridized carbons (Fsp3) is 0.282. The topological polar surface area (TPSA) is 350 Å². The van der Waals surface area contributed by atoms with E-state index in [1.807, 2.05) is 203 Å². The van der Waals surface area contributed by atoms with Crippen LogP contribution in [0, 0.1) is 83.9 Å². The summed E-state index contributed by atoms with van der Waals surface area (Å²) >= 11 is 0. The molecule has 0 bridgehead atoms. The Labute approximate surface area is 827 Å². The number of aromatic hydroxyl groups is 4. The van der Waals surface area contributed by atoms with E-state index in [-0.39, 0.29) is 129 Å². The molecule has 4 unspecified atom stereocenters. The molecule has 0 fully saturated rings. The molecular weight excluding hydrogens is 2030 g/mol. The molecule has 131 heavy (non-hydrogen) atoms. The van der Waals surface area contributed by atoms with E-state index in [0.717, 1.165) is 81.1 Å². The molecule has 0 aromatic heterocycles. The average molecular weight is 2150 g/mol. The molecule has 12 aromatic rings. The number of methoxy groups -OCH3 is 2. The Bertz CT molecular complexity index is 4960. The fourth-order valence-corrected chi connectivity index (χ4v) is 10.8. The molecule has 12 rings (SSSR count). The first-order valence-electron chi connectivity index (χ1n) is 41.7. The van der Waals surface area contributed by atoms with Crippen LogP contribution in [0.2, 0.25) is 0 Å². The first-order valence-corrected chi connectivity index (χ1v) is 41.7. The maximum atomic E-state index is 12.0.